The van der Waals surface area contributed by atoms with Crippen LogP contribution < -0.4 is 0 Å². The van der Waals surface area contributed by atoms with Crippen molar-refractivity contribution in [1.82, 2.24) is 9.78 Å². The molecule has 0 fully saturated rings. The first-order chi connectivity index (χ1) is 7.54. The van der Waals surface area contributed by atoms with Crippen molar-refractivity contribution in [3.8, 4) is 0 Å². The van der Waals surface area contributed by atoms with E-state index in [1.54, 1.807) is 6.20 Å². The molecule has 1 heterocycles. The smallest absolute Gasteiger partial charge is 0.125 e. The summed E-state index contributed by atoms with van der Waals surface area (Å²) in [6.45, 7) is 4.14. The van der Waals surface area contributed by atoms with Crippen LogP contribution in [0.1, 0.15) is 44.8 Å². The Morgan fingerprint density at radius 1 is 1.56 bits per heavy atom. The molecule has 1 N–H and O–H groups in total. The fraction of sp³-hybridized carbons (Fsp3) is 0.583. The van der Waals surface area contributed by atoms with Crippen LogP contribution in [0, 0.1) is 0 Å². The molecule has 0 spiro atoms. The second-order valence-corrected chi connectivity index (χ2v) is 5.45. The summed E-state index contributed by atoms with van der Waals surface area (Å²) in [7, 11) is 0. The fourth-order valence-electron chi connectivity index (χ4n) is 2.19. The van der Waals surface area contributed by atoms with Crippen LogP contribution in [0.25, 0.3) is 0 Å². The number of nitrogens with zero attached hydrogens (tertiary/aromatic N) is 2. The highest BCUT2D eigenvalue weighted by Gasteiger charge is 2.34. The predicted molar refractivity (Wildman–Crippen MR) is 67.2 cm³/mol. The topological polar surface area (TPSA) is 38.0 Å². The van der Waals surface area contributed by atoms with Gasteiger partial charge in [0, 0.05) is 6.04 Å². The van der Waals surface area contributed by atoms with E-state index in [-0.39, 0.29) is 6.04 Å². The maximum absolute atomic E-state index is 10.7. The summed E-state index contributed by atoms with van der Waals surface area (Å²) in [5, 5.41) is 15.0. The summed E-state index contributed by atoms with van der Waals surface area (Å²) in [4.78, 5) is 0. The van der Waals surface area contributed by atoms with E-state index in [4.69, 9.17) is 0 Å². The van der Waals surface area contributed by atoms with Crippen molar-refractivity contribution < 1.29 is 5.11 Å². The van der Waals surface area contributed by atoms with Gasteiger partial charge >= 0.3 is 0 Å². The Kier molecular flexibility index (Phi) is 3.22. The number of rotatable bonds is 2. The van der Waals surface area contributed by atoms with Gasteiger partial charge in [-0.05, 0) is 49.0 Å². The zero-order valence-corrected chi connectivity index (χ0v) is 11.2. The molecule has 88 valence electrons. The molecule has 0 saturated carbocycles. The number of halogens is 1. The molecule has 1 aliphatic carbocycles. The van der Waals surface area contributed by atoms with Crippen molar-refractivity contribution in [2.24, 2.45) is 0 Å². The minimum Gasteiger partial charge on any atom is -0.379 e. The van der Waals surface area contributed by atoms with Gasteiger partial charge in [-0.15, -0.1) is 0 Å². The fourth-order valence-corrected chi connectivity index (χ4v) is 2.80. The van der Waals surface area contributed by atoms with Crippen LogP contribution in [0.3, 0.4) is 0 Å². The van der Waals surface area contributed by atoms with Gasteiger partial charge in [0.1, 0.15) is 5.60 Å². The highest BCUT2D eigenvalue weighted by atomic mass is 79.9. The Morgan fingerprint density at radius 2 is 2.31 bits per heavy atom. The molecule has 0 aliphatic heterocycles. The van der Waals surface area contributed by atoms with Gasteiger partial charge in [-0.25, -0.2) is 0 Å². The Balaban J connectivity index is 2.49. The van der Waals surface area contributed by atoms with Gasteiger partial charge in [0.25, 0.3) is 0 Å². The normalized spacial score (nSPS) is 25.3. The van der Waals surface area contributed by atoms with Crippen molar-refractivity contribution in [3.05, 3.63) is 28.5 Å². The summed E-state index contributed by atoms with van der Waals surface area (Å²) < 4.78 is 2.77. The second kappa shape index (κ2) is 4.34. The average molecular weight is 285 g/mol. The van der Waals surface area contributed by atoms with Crippen molar-refractivity contribution in [1.29, 1.82) is 0 Å². The summed E-state index contributed by atoms with van der Waals surface area (Å²) in [6.07, 6.45) is 8.54. The molecule has 1 aliphatic rings. The number of hydrogen-bond donors (Lipinski definition) is 1. The van der Waals surface area contributed by atoms with Crippen LogP contribution in [0.15, 0.2) is 22.8 Å². The quantitative estimate of drug-likeness (QED) is 0.848. The van der Waals surface area contributed by atoms with E-state index in [1.165, 1.54) is 0 Å². The van der Waals surface area contributed by atoms with Gasteiger partial charge in [0.2, 0.25) is 0 Å². The second-order valence-electron chi connectivity index (χ2n) is 4.60. The zero-order valence-electron chi connectivity index (χ0n) is 9.65. The standard InChI is InChI=1S/C12H17BrN2O/c1-9(2)15-11(10(13)8-14-15)12(16)6-4-3-5-7-12/h4,6,8-9,16H,3,5,7H2,1-2H3. The van der Waals surface area contributed by atoms with Gasteiger partial charge in [-0.1, -0.05) is 12.2 Å². The molecule has 1 unspecified atom stereocenters. The van der Waals surface area contributed by atoms with Gasteiger partial charge < -0.3 is 5.11 Å². The molecule has 0 aromatic carbocycles. The molecule has 1 aromatic rings. The van der Waals surface area contributed by atoms with E-state index >= 15 is 0 Å². The van der Waals surface area contributed by atoms with E-state index < -0.39 is 5.60 Å². The Hall–Kier alpha value is -0.610. The maximum atomic E-state index is 10.7. The van der Waals surface area contributed by atoms with Gasteiger partial charge in [-0.3, -0.25) is 4.68 Å². The predicted octanol–water partition coefficient (Wildman–Crippen LogP) is 3.15. The monoisotopic (exact) mass is 284 g/mol. The SMILES string of the molecule is CC(C)n1ncc(Br)c1C1(O)C=CCCC1. The molecular weight excluding hydrogens is 268 g/mol. The first-order valence-electron chi connectivity index (χ1n) is 5.68. The largest absolute Gasteiger partial charge is 0.379 e. The highest BCUT2D eigenvalue weighted by Crippen LogP contribution is 2.37. The first kappa shape index (κ1) is 11.9. The molecule has 3 nitrogen and oxygen atoms in total. The maximum Gasteiger partial charge on any atom is 0.125 e. The number of allylic oxidation sites excluding steroid dienone is 1. The highest BCUT2D eigenvalue weighted by molar-refractivity contribution is 9.10. The van der Waals surface area contributed by atoms with Crippen LogP contribution in [-0.2, 0) is 5.60 Å². The van der Waals surface area contributed by atoms with Crippen molar-refractivity contribution in [2.75, 3.05) is 0 Å². The third-order valence-electron chi connectivity index (χ3n) is 2.97. The molecule has 1 aromatic heterocycles. The number of hydrogen-bond acceptors (Lipinski definition) is 2. The Bertz CT molecular complexity index is 411. The van der Waals surface area contributed by atoms with Gasteiger partial charge in [-0.2, -0.15) is 5.10 Å². The summed E-state index contributed by atoms with van der Waals surface area (Å²) in [6, 6.07) is 0.251. The van der Waals surface area contributed by atoms with E-state index in [0.717, 1.165) is 29.4 Å². The molecule has 16 heavy (non-hydrogen) atoms. The number of aliphatic hydroxyl groups is 1. The van der Waals surface area contributed by atoms with Gasteiger partial charge in [0.15, 0.2) is 0 Å². The average Bonchev–Trinajstić information content (AvgIpc) is 2.62. The zero-order chi connectivity index (χ0) is 11.8. The molecule has 2 rings (SSSR count). The van der Waals surface area contributed by atoms with Crippen molar-refractivity contribution >= 4 is 15.9 Å². The summed E-state index contributed by atoms with van der Waals surface area (Å²) >= 11 is 3.48. The van der Waals surface area contributed by atoms with Crippen LogP contribution in [0.4, 0.5) is 0 Å². The van der Waals surface area contributed by atoms with E-state index in [1.807, 2.05) is 16.8 Å². The molecule has 4 heteroatoms. The van der Waals surface area contributed by atoms with Gasteiger partial charge in [0.05, 0.1) is 16.4 Å². The lowest BCUT2D eigenvalue weighted by Gasteiger charge is -2.29. The number of aromatic nitrogens is 2. The van der Waals surface area contributed by atoms with E-state index in [9.17, 15) is 5.11 Å². The van der Waals surface area contributed by atoms with Crippen LogP contribution in [0.2, 0.25) is 0 Å². The third-order valence-corrected chi connectivity index (χ3v) is 3.55. The molecule has 1 atom stereocenters. The van der Waals surface area contributed by atoms with Crippen LogP contribution in [-0.4, -0.2) is 14.9 Å². The Labute approximate surface area is 104 Å². The molecule has 0 amide bonds. The minimum atomic E-state index is -0.863. The lowest BCUT2D eigenvalue weighted by atomic mass is 9.88. The molecule has 0 saturated heterocycles. The van der Waals surface area contributed by atoms with Crippen LogP contribution in [0.5, 0.6) is 0 Å². The minimum absolute atomic E-state index is 0.251. The molecular formula is C12H17BrN2O. The van der Waals surface area contributed by atoms with E-state index in [0.29, 0.717) is 0 Å². The molecule has 0 bridgehead atoms. The molecule has 0 radical (unpaired) electrons. The van der Waals surface area contributed by atoms with Crippen molar-refractivity contribution in [2.45, 2.75) is 44.8 Å². The Morgan fingerprint density at radius 3 is 2.88 bits per heavy atom. The summed E-state index contributed by atoms with van der Waals surface area (Å²) in [5.41, 5.74) is 0.0103. The van der Waals surface area contributed by atoms with Crippen LogP contribution >= 0.6 is 15.9 Å². The summed E-state index contributed by atoms with van der Waals surface area (Å²) in [5.74, 6) is 0. The van der Waals surface area contributed by atoms with Crippen molar-refractivity contribution in [3.63, 3.8) is 0 Å². The third kappa shape index (κ3) is 1.96. The lowest BCUT2D eigenvalue weighted by Crippen LogP contribution is -2.29. The lowest BCUT2D eigenvalue weighted by molar-refractivity contribution is 0.0608. The van der Waals surface area contributed by atoms with E-state index in [2.05, 4.69) is 34.9 Å². The first-order valence-corrected chi connectivity index (χ1v) is 6.47.